The van der Waals surface area contributed by atoms with E-state index < -0.39 is 18.0 Å². The van der Waals surface area contributed by atoms with E-state index in [1.807, 2.05) is 0 Å². The van der Waals surface area contributed by atoms with Crippen molar-refractivity contribution in [2.75, 3.05) is 0 Å². The highest BCUT2D eigenvalue weighted by atomic mass is 19.4. The summed E-state index contributed by atoms with van der Waals surface area (Å²) >= 11 is 0. The van der Waals surface area contributed by atoms with Crippen molar-refractivity contribution < 1.29 is 18.0 Å². The Hall–Kier alpha value is -1.32. The van der Waals surface area contributed by atoms with Gasteiger partial charge < -0.3 is 0 Å². The lowest BCUT2D eigenvalue weighted by Crippen LogP contribution is -2.30. The van der Waals surface area contributed by atoms with Crippen molar-refractivity contribution in [1.29, 1.82) is 0 Å². The molecule has 1 atom stereocenters. The smallest absolute Gasteiger partial charge is 0.294 e. The first kappa shape index (κ1) is 11.2. The molecule has 1 aliphatic rings. The highest BCUT2D eigenvalue weighted by Gasteiger charge is 2.48. The lowest BCUT2D eigenvalue weighted by molar-refractivity contribution is -0.150. The Morgan fingerprint density at radius 3 is 2.50 bits per heavy atom. The summed E-state index contributed by atoms with van der Waals surface area (Å²) in [5.41, 5.74) is -0.157. The molecule has 1 unspecified atom stereocenters. The van der Waals surface area contributed by atoms with Crippen molar-refractivity contribution >= 4 is 5.78 Å². The summed E-state index contributed by atoms with van der Waals surface area (Å²) in [7, 11) is 0. The minimum Gasteiger partial charge on any atom is -0.294 e. The molecular formula is C12H11F3O. The molecule has 0 spiro atoms. The van der Waals surface area contributed by atoms with Crippen LogP contribution in [0, 0.1) is 5.41 Å². The summed E-state index contributed by atoms with van der Waals surface area (Å²) in [6.45, 7) is 1.39. The van der Waals surface area contributed by atoms with Gasteiger partial charge in [-0.05, 0) is 12.0 Å². The van der Waals surface area contributed by atoms with Crippen LogP contribution in [0.1, 0.15) is 29.3 Å². The van der Waals surface area contributed by atoms with Gasteiger partial charge in [0, 0.05) is 11.0 Å². The third-order valence-corrected chi connectivity index (χ3v) is 2.98. The molecular weight excluding hydrogens is 217 g/mol. The molecule has 0 bridgehead atoms. The second-order valence-corrected chi connectivity index (χ2v) is 4.52. The molecule has 2 rings (SSSR count). The van der Waals surface area contributed by atoms with Crippen LogP contribution in [-0.4, -0.2) is 12.0 Å². The van der Waals surface area contributed by atoms with Gasteiger partial charge in [0.05, 0.1) is 6.42 Å². The van der Waals surface area contributed by atoms with Crippen molar-refractivity contribution in [3.05, 3.63) is 35.4 Å². The number of hydrogen-bond acceptors (Lipinski definition) is 1. The van der Waals surface area contributed by atoms with Gasteiger partial charge in [-0.25, -0.2) is 0 Å². The van der Waals surface area contributed by atoms with Crippen LogP contribution in [0.4, 0.5) is 13.2 Å². The fourth-order valence-electron chi connectivity index (χ4n) is 2.31. The fourth-order valence-corrected chi connectivity index (χ4v) is 2.31. The van der Waals surface area contributed by atoms with Gasteiger partial charge in [0.25, 0.3) is 0 Å². The second-order valence-electron chi connectivity index (χ2n) is 4.52. The van der Waals surface area contributed by atoms with Gasteiger partial charge in [-0.1, -0.05) is 31.2 Å². The molecule has 0 heterocycles. The molecule has 1 aromatic carbocycles. The van der Waals surface area contributed by atoms with E-state index in [-0.39, 0.29) is 12.2 Å². The van der Waals surface area contributed by atoms with E-state index in [2.05, 4.69) is 0 Å². The quantitative estimate of drug-likeness (QED) is 0.720. The van der Waals surface area contributed by atoms with Crippen LogP contribution in [0.2, 0.25) is 0 Å². The van der Waals surface area contributed by atoms with Gasteiger partial charge in [0.15, 0.2) is 5.78 Å². The van der Waals surface area contributed by atoms with Crippen LogP contribution < -0.4 is 0 Å². The van der Waals surface area contributed by atoms with Crippen molar-refractivity contribution in [3.63, 3.8) is 0 Å². The Labute approximate surface area is 91.3 Å². The van der Waals surface area contributed by atoms with Gasteiger partial charge in [-0.15, -0.1) is 0 Å². The standard InChI is InChI=1S/C12H11F3O/c1-11(7-12(13,14)15)6-8-4-2-3-5-9(8)10(11)16/h2-5H,6-7H2,1H3. The van der Waals surface area contributed by atoms with Gasteiger partial charge in [-0.3, -0.25) is 4.79 Å². The number of carbonyl (C=O) groups is 1. The first-order valence-electron chi connectivity index (χ1n) is 5.01. The molecule has 0 saturated heterocycles. The van der Waals surface area contributed by atoms with E-state index >= 15 is 0 Å². The number of carbonyl (C=O) groups excluding carboxylic acids is 1. The largest absolute Gasteiger partial charge is 0.390 e. The number of hydrogen-bond donors (Lipinski definition) is 0. The van der Waals surface area contributed by atoms with E-state index in [1.165, 1.54) is 6.92 Å². The van der Waals surface area contributed by atoms with Crippen LogP contribution >= 0.6 is 0 Å². The number of Topliss-reactive ketones (excluding diaryl/α,β-unsaturated/α-hetero) is 1. The summed E-state index contributed by atoms with van der Waals surface area (Å²) in [6.07, 6.45) is -5.17. The summed E-state index contributed by atoms with van der Waals surface area (Å²) < 4.78 is 37.2. The zero-order chi connectivity index (χ0) is 12.0. The number of ketones is 1. The summed E-state index contributed by atoms with van der Waals surface area (Å²) in [5, 5.41) is 0. The molecule has 1 nitrogen and oxygen atoms in total. The molecule has 0 aliphatic heterocycles. The Kier molecular flexibility index (Phi) is 2.33. The van der Waals surface area contributed by atoms with Gasteiger partial charge in [0.1, 0.15) is 0 Å². The average molecular weight is 228 g/mol. The molecule has 86 valence electrons. The summed E-state index contributed by atoms with van der Waals surface area (Å²) in [4.78, 5) is 11.9. The maximum atomic E-state index is 12.4. The molecule has 0 amide bonds. The van der Waals surface area contributed by atoms with Crippen molar-refractivity contribution in [3.8, 4) is 0 Å². The number of alkyl halides is 3. The summed E-state index contributed by atoms with van der Waals surface area (Å²) in [6, 6.07) is 6.73. The van der Waals surface area contributed by atoms with E-state index in [0.29, 0.717) is 5.56 Å². The Bertz CT molecular complexity index is 436. The number of rotatable bonds is 1. The van der Waals surface area contributed by atoms with Crippen molar-refractivity contribution in [2.24, 2.45) is 5.41 Å². The molecule has 4 heteroatoms. The van der Waals surface area contributed by atoms with E-state index in [1.54, 1.807) is 24.3 Å². The van der Waals surface area contributed by atoms with Crippen LogP contribution in [-0.2, 0) is 6.42 Å². The van der Waals surface area contributed by atoms with Crippen LogP contribution in [0.15, 0.2) is 24.3 Å². The average Bonchev–Trinajstić information content (AvgIpc) is 2.37. The van der Waals surface area contributed by atoms with Crippen molar-refractivity contribution in [2.45, 2.75) is 25.9 Å². The normalized spacial score (nSPS) is 24.6. The maximum absolute atomic E-state index is 12.4. The van der Waals surface area contributed by atoms with E-state index in [9.17, 15) is 18.0 Å². The first-order chi connectivity index (χ1) is 7.32. The number of halogens is 3. The van der Waals surface area contributed by atoms with Gasteiger partial charge in [-0.2, -0.15) is 13.2 Å². The topological polar surface area (TPSA) is 17.1 Å². The lowest BCUT2D eigenvalue weighted by Gasteiger charge is -2.23. The third-order valence-electron chi connectivity index (χ3n) is 2.98. The highest BCUT2D eigenvalue weighted by molar-refractivity contribution is 6.04. The molecule has 1 aromatic rings. The fraction of sp³-hybridized carbons (Fsp3) is 0.417. The molecule has 1 aliphatic carbocycles. The molecule has 16 heavy (non-hydrogen) atoms. The molecule has 0 radical (unpaired) electrons. The molecule has 0 aromatic heterocycles. The van der Waals surface area contributed by atoms with E-state index in [0.717, 1.165) is 5.56 Å². The maximum Gasteiger partial charge on any atom is 0.390 e. The first-order valence-corrected chi connectivity index (χ1v) is 5.01. The number of fused-ring (bicyclic) bond motifs is 1. The van der Waals surface area contributed by atoms with Gasteiger partial charge >= 0.3 is 6.18 Å². The Morgan fingerprint density at radius 2 is 1.94 bits per heavy atom. The Balaban J connectivity index is 2.33. The zero-order valence-corrected chi connectivity index (χ0v) is 8.77. The van der Waals surface area contributed by atoms with E-state index in [4.69, 9.17) is 0 Å². The second kappa shape index (κ2) is 3.34. The minimum absolute atomic E-state index is 0.182. The van der Waals surface area contributed by atoms with Crippen LogP contribution in [0.5, 0.6) is 0 Å². The third kappa shape index (κ3) is 1.84. The lowest BCUT2D eigenvalue weighted by atomic mass is 9.82. The highest BCUT2D eigenvalue weighted by Crippen LogP contribution is 2.43. The van der Waals surface area contributed by atoms with Crippen LogP contribution in [0.25, 0.3) is 0 Å². The summed E-state index contributed by atoms with van der Waals surface area (Å²) in [5.74, 6) is -0.388. The van der Waals surface area contributed by atoms with Crippen LogP contribution in [0.3, 0.4) is 0 Å². The predicted octanol–water partition coefficient (Wildman–Crippen LogP) is 3.38. The Morgan fingerprint density at radius 1 is 1.31 bits per heavy atom. The molecule has 0 fully saturated rings. The number of benzene rings is 1. The zero-order valence-electron chi connectivity index (χ0n) is 8.77. The minimum atomic E-state index is -4.30. The molecule has 0 saturated carbocycles. The van der Waals surface area contributed by atoms with Crippen molar-refractivity contribution in [1.82, 2.24) is 0 Å². The SMILES string of the molecule is CC1(CC(F)(F)F)Cc2ccccc2C1=O. The monoisotopic (exact) mass is 228 g/mol. The predicted molar refractivity (Wildman–Crippen MR) is 53.3 cm³/mol. The van der Waals surface area contributed by atoms with Gasteiger partial charge in [0.2, 0.25) is 0 Å². The molecule has 0 N–H and O–H groups in total.